The van der Waals surface area contributed by atoms with Crippen LogP contribution in [0.4, 0.5) is 0 Å². The molecule has 0 aliphatic rings. The molecule has 1 rings (SSSR count). The lowest BCUT2D eigenvalue weighted by Gasteiger charge is -2.13. The second-order valence-corrected chi connectivity index (χ2v) is 3.39. The summed E-state index contributed by atoms with van der Waals surface area (Å²) < 4.78 is 6.78. The van der Waals surface area contributed by atoms with E-state index in [4.69, 9.17) is 4.74 Å². The number of carbonyl (C=O) groups excluding carboxylic acids is 1. The predicted molar refractivity (Wildman–Crippen MR) is 55.3 cm³/mol. The first-order valence-corrected chi connectivity index (χ1v) is 5.21. The summed E-state index contributed by atoms with van der Waals surface area (Å²) in [5, 5.41) is 7.72. The molecule has 0 aromatic carbocycles. The first kappa shape index (κ1) is 11.7. The highest BCUT2D eigenvalue weighted by Gasteiger charge is 2.25. The number of nitrogens with zero attached hydrogens (tertiary/aromatic N) is 3. The Hall–Kier alpha value is -1.39. The molecule has 5 heteroatoms. The molecule has 0 saturated heterocycles. The molecular formula is C10H17N3O2. The van der Waals surface area contributed by atoms with Gasteiger partial charge in [0.1, 0.15) is 18.1 Å². The topological polar surface area (TPSA) is 57.0 Å². The molecule has 0 saturated carbocycles. The fraction of sp³-hybridized carbons (Fsp3) is 0.700. The lowest BCUT2D eigenvalue weighted by atomic mass is 10.0. The number of rotatable bonds is 5. The molecule has 1 unspecified atom stereocenters. The van der Waals surface area contributed by atoms with Crippen LogP contribution in [-0.2, 0) is 16.6 Å². The molecule has 0 N–H and O–H groups in total. The number of aromatic nitrogens is 3. The van der Waals surface area contributed by atoms with E-state index in [1.54, 1.807) is 17.8 Å². The molecule has 0 spiro atoms. The van der Waals surface area contributed by atoms with Gasteiger partial charge in [-0.25, -0.2) is 0 Å². The van der Waals surface area contributed by atoms with E-state index in [1.165, 1.54) is 0 Å². The zero-order valence-electron chi connectivity index (χ0n) is 9.43. The Bertz CT molecular complexity index is 322. The van der Waals surface area contributed by atoms with Gasteiger partial charge in [-0.2, -0.15) is 0 Å². The fourth-order valence-corrected chi connectivity index (χ4v) is 1.49. The van der Waals surface area contributed by atoms with Crippen LogP contribution in [0.2, 0.25) is 0 Å². The maximum absolute atomic E-state index is 11.7. The summed E-state index contributed by atoms with van der Waals surface area (Å²) in [6, 6.07) is 0. The largest absolute Gasteiger partial charge is 0.465 e. The lowest BCUT2D eigenvalue weighted by molar-refractivity contribution is -0.145. The summed E-state index contributed by atoms with van der Waals surface area (Å²) in [4.78, 5) is 11.7. The van der Waals surface area contributed by atoms with Gasteiger partial charge in [0, 0.05) is 7.05 Å². The molecule has 0 radical (unpaired) electrons. The van der Waals surface area contributed by atoms with Crippen molar-refractivity contribution in [2.45, 2.75) is 32.6 Å². The van der Waals surface area contributed by atoms with Gasteiger partial charge in [-0.15, -0.1) is 10.2 Å². The van der Waals surface area contributed by atoms with Gasteiger partial charge in [-0.05, 0) is 13.3 Å². The van der Waals surface area contributed by atoms with Crippen LogP contribution in [0.5, 0.6) is 0 Å². The van der Waals surface area contributed by atoms with E-state index < -0.39 is 0 Å². The summed E-state index contributed by atoms with van der Waals surface area (Å²) in [6.45, 7) is 4.23. The Morgan fingerprint density at radius 3 is 2.80 bits per heavy atom. The predicted octanol–water partition coefficient (Wildman–Crippen LogP) is 1.26. The number of carbonyl (C=O) groups is 1. The van der Waals surface area contributed by atoms with Gasteiger partial charge in [0.25, 0.3) is 0 Å². The van der Waals surface area contributed by atoms with Crippen molar-refractivity contribution in [1.82, 2.24) is 14.8 Å². The van der Waals surface area contributed by atoms with Crippen molar-refractivity contribution in [3.8, 4) is 0 Å². The summed E-state index contributed by atoms with van der Waals surface area (Å²) in [5.41, 5.74) is 0. The standard InChI is InChI=1S/C10H17N3O2/c1-4-6-8(10(14)15-5-2)9-12-11-7-13(9)3/h7-8H,4-6H2,1-3H3. The van der Waals surface area contributed by atoms with Crippen molar-refractivity contribution >= 4 is 5.97 Å². The first-order valence-electron chi connectivity index (χ1n) is 5.21. The Labute approximate surface area is 89.5 Å². The van der Waals surface area contributed by atoms with Crippen molar-refractivity contribution in [2.24, 2.45) is 7.05 Å². The second-order valence-electron chi connectivity index (χ2n) is 3.39. The second kappa shape index (κ2) is 5.48. The van der Waals surface area contributed by atoms with Gasteiger partial charge in [0.05, 0.1) is 6.61 Å². The van der Waals surface area contributed by atoms with Crippen molar-refractivity contribution in [3.05, 3.63) is 12.2 Å². The summed E-state index contributed by atoms with van der Waals surface area (Å²) in [5.74, 6) is 0.174. The number of hydrogen-bond donors (Lipinski definition) is 0. The van der Waals surface area contributed by atoms with Crippen LogP contribution in [0.25, 0.3) is 0 Å². The molecule has 1 aromatic rings. The molecule has 1 atom stereocenters. The minimum Gasteiger partial charge on any atom is -0.465 e. The molecule has 5 nitrogen and oxygen atoms in total. The highest BCUT2D eigenvalue weighted by Crippen LogP contribution is 2.20. The van der Waals surface area contributed by atoms with Crippen molar-refractivity contribution in [1.29, 1.82) is 0 Å². The Balaban J connectivity index is 2.83. The smallest absolute Gasteiger partial charge is 0.316 e. The van der Waals surface area contributed by atoms with E-state index in [0.717, 1.165) is 12.8 Å². The van der Waals surface area contributed by atoms with E-state index in [1.807, 2.05) is 14.0 Å². The van der Waals surface area contributed by atoms with Crippen molar-refractivity contribution in [3.63, 3.8) is 0 Å². The highest BCUT2D eigenvalue weighted by molar-refractivity contribution is 5.77. The SMILES string of the molecule is CCCC(C(=O)OCC)c1nncn1C. The molecule has 0 amide bonds. The van der Waals surface area contributed by atoms with Crippen LogP contribution in [-0.4, -0.2) is 27.3 Å². The maximum atomic E-state index is 11.7. The van der Waals surface area contributed by atoms with Crippen molar-refractivity contribution in [2.75, 3.05) is 6.61 Å². The molecule has 0 aliphatic heterocycles. The van der Waals surface area contributed by atoms with Crippen LogP contribution in [0, 0.1) is 0 Å². The molecule has 0 fully saturated rings. The third-order valence-electron chi connectivity index (χ3n) is 2.21. The molecule has 0 bridgehead atoms. The zero-order chi connectivity index (χ0) is 11.3. The Morgan fingerprint density at radius 2 is 2.33 bits per heavy atom. The Kier molecular flexibility index (Phi) is 4.27. The Morgan fingerprint density at radius 1 is 1.60 bits per heavy atom. The average molecular weight is 211 g/mol. The van der Waals surface area contributed by atoms with Gasteiger partial charge in [-0.3, -0.25) is 4.79 Å². The normalized spacial score (nSPS) is 12.5. The fourth-order valence-electron chi connectivity index (χ4n) is 1.49. The van der Waals surface area contributed by atoms with Crippen LogP contribution in [0.15, 0.2) is 6.33 Å². The summed E-state index contributed by atoms with van der Waals surface area (Å²) >= 11 is 0. The van der Waals surface area contributed by atoms with Crippen LogP contribution in [0.3, 0.4) is 0 Å². The molecule has 84 valence electrons. The minimum absolute atomic E-state index is 0.213. The average Bonchev–Trinajstić information content (AvgIpc) is 2.61. The number of aryl methyl sites for hydroxylation is 1. The molecular weight excluding hydrogens is 194 g/mol. The van der Waals surface area contributed by atoms with Crippen LogP contribution >= 0.6 is 0 Å². The first-order chi connectivity index (χ1) is 7.20. The van der Waals surface area contributed by atoms with Crippen LogP contribution in [0.1, 0.15) is 38.4 Å². The third kappa shape index (κ3) is 2.78. The van der Waals surface area contributed by atoms with Crippen molar-refractivity contribution < 1.29 is 9.53 Å². The van der Waals surface area contributed by atoms with E-state index >= 15 is 0 Å². The molecule has 1 heterocycles. The third-order valence-corrected chi connectivity index (χ3v) is 2.21. The molecule has 15 heavy (non-hydrogen) atoms. The number of esters is 1. The molecule has 1 aromatic heterocycles. The van der Waals surface area contributed by atoms with E-state index in [2.05, 4.69) is 10.2 Å². The zero-order valence-corrected chi connectivity index (χ0v) is 9.43. The maximum Gasteiger partial charge on any atom is 0.316 e. The molecule has 0 aliphatic carbocycles. The van der Waals surface area contributed by atoms with Gasteiger partial charge in [0.2, 0.25) is 0 Å². The van der Waals surface area contributed by atoms with Crippen LogP contribution < -0.4 is 0 Å². The highest BCUT2D eigenvalue weighted by atomic mass is 16.5. The summed E-state index contributed by atoms with van der Waals surface area (Å²) in [7, 11) is 1.83. The van der Waals surface area contributed by atoms with Gasteiger partial charge in [-0.1, -0.05) is 13.3 Å². The van der Waals surface area contributed by atoms with E-state index in [9.17, 15) is 4.79 Å². The lowest BCUT2D eigenvalue weighted by Crippen LogP contribution is -2.19. The monoisotopic (exact) mass is 211 g/mol. The van der Waals surface area contributed by atoms with E-state index in [0.29, 0.717) is 12.4 Å². The number of ether oxygens (including phenoxy) is 1. The quantitative estimate of drug-likeness (QED) is 0.688. The van der Waals surface area contributed by atoms with Gasteiger partial charge in [0.15, 0.2) is 0 Å². The summed E-state index contributed by atoms with van der Waals surface area (Å²) in [6.07, 6.45) is 3.25. The minimum atomic E-state index is -0.289. The number of hydrogen-bond acceptors (Lipinski definition) is 4. The van der Waals surface area contributed by atoms with Gasteiger partial charge >= 0.3 is 5.97 Å². The van der Waals surface area contributed by atoms with Gasteiger partial charge < -0.3 is 9.30 Å². The van der Waals surface area contributed by atoms with E-state index in [-0.39, 0.29) is 11.9 Å².